The Hall–Kier alpha value is -5.43. The minimum Gasteiger partial charge on any atom is -0.550 e. The maximum Gasteiger partial charge on any atom is 1.00 e. The molecule has 83 heavy (non-hydrogen) atoms. The summed E-state index contributed by atoms with van der Waals surface area (Å²) in [6.07, 6.45) is 3.95. The number of hydrogen-bond acceptors (Lipinski definition) is 17. The van der Waals surface area contributed by atoms with Crippen LogP contribution >= 0.6 is 34.3 Å². The summed E-state index contributed by atoms with van der Waals surface area (Å²) in [7, 11) is 0. The van der Waals surface area contributed by atoms with Crippen molar-refractivity contribution in [1.82, 2.24) is 40.6 Å². The van der Waals surface area contributed by atoms with E-state index in [1.54, 1.807) is 28.2 Å². The van der Waals surface area contributed by atoms with Crippen LogP contribution in [0.15, 0.2) is 59.0 Å². The van der Waals surface area contributed by atoms with Crippen molar-refractivity contribution in [3.63, 3.8) is 0 Å². The summed E-state index contributed by atoms with van der Waals surface area (Å²) in [5.74, 6) is -1.87. The van der Waals surface area contributed by atoms with Crippen LogP contribution in [0.3, 0.4) is 0 Å². The van der Waals surface area contributed by atoms with Gasteiger partial charge in [-0.2, -0.15) is 0 Å². The van der Waals surface area contributed by atoms with Crippen LogP contribution in [0.4, 0.5) is 0 Å². The minimum atomic E-state index is -1.06. The van der Waals surface area contributed by atoms with Crippen LogP contribution in [0.25, 0.3) is 15.4 Å². The van der Waals surface area contributed by atoms with Gasteiger partial charge in [0, 0.05) is 52.9 Å². The number of carboxylic acid groups (broad SMARTS) is 1. The Morgan fingerprint density at radius 3 is 2.12 bits per heavy atom. The number of rotatable bonds is 30. The number of carboxylic acids is 1. The molecule has 2 aromatic carbocycles. The van der Waals surface area contributed by atoms with E-state index in [0.29, 0.717) is 29.5 Å². The number of benzene rings is 2. The Morgan fingerprint density at radius 1 is 0.807 bits per heavy atom. The van der Waals surface area contributed by atoms with Crippen molar-refractivity contribution in [2.24, 2.45) is 10.4 Å². The Kier molecular flexibility index (Phi) is 25.9. The SMILES string of the molecule is Cc1ncsc1-c1ccc(CNC(=O)[C@@H]2C[C@@H](OC(=O)CCCCCCCCC(=O)[O-])CN2C(=O)[C@@H](NC(=O)COCCOCCOCCNC(=O)C[C@@H]2N=C(c3ccc(Cl)cc3)c3c(sc(C)c3C)-n3c(C)nnc32)C(C)(C)C)cc1.[Na+]. The van der Waals surface area contributed by atoms with Crippen LogP contribution in [0.5, 0.6) is 0 Å². The number of thiophene rings is 1. The molecular formula is C59H75ClN9NaO11S2. The van der Waals surface area contributed by atoms with Crippen molar-refractivity contribution >= 4 is 75.6 Å². The van der Waals surface area contributed by atoms with E-state index in [1.165, 1.54) is 4.90 Å². The van der Waals surface area contributed by atoms with Gasteiger partial charge in [0.25, 0.3) is 0 Å². The van der Waals surface area contributed by atoms with E-state index < -0.39 is 59.3 Å². The number of aryl methyl sites for hydroxylation is 3. The Labute approximate surface area is 520 Å². The molecule has 5 aromatic rings. The van der Waals surface area contributed by atoms with Gasteiger partial charge in [0.1, 0.15) is 41.7 Å². The van der Waals surface area contributed by atoms with Gasteiger partial charge in [-0.15, -0.1) is 32.9 Å². The molecule has 442 valence electrons. The fourth-order valence-electron chi connectivity index (χ4n) is 9.79. The molecular weight excluding hydrogens is 1130 g/mol. The normalized spacial score (nSPS) is 16.0. The second kappa shape index (κ2) is 32.2. The van der Waals surface area contributed by atoms with Gasteiger partial charge in [0.05, 0.1) is 67.8 Å². The number of halogens is 1. The molecule has 5 heterocycles. The summed E-state index contributed by atoms with van der Waals surface area (Å²) >= 11 is 9.44. The third-order valence-electron chi connectivity index (χ3n) is 14.3. The molecule has 3 aromatic heterocycles. The number of esters is 1. The monoisotopic (exact) mass is 1210 g/mol. The number of likely N-dealkylation sites (tertiary alicyclic amines) is 1. The van der Waals surface area contributed by atoms with Gasteiger partial charge in [-0.25, -0.2) is 4.98 Å². The number of carbonyl (C=O) groups is 6. The summed E-state index contributed by atoms with van der Waals surface area (Å²) in [6, 6.07) is 12.7. The van der Waals surface area contributed by atoms with Crippen LogP contribution in [-0.4, -0.2) is 137 Å². The number of fused-ring (bicyclic) bond motifs is 3. The largest absolute Gasteiger partial charge is 1.00 e. The molecule has 1 fully saturated rings. The van der Waals surface area contributed by atoms with Crippen molar-refractivity contribution in [2.45, 2.75) is 143 Å². The number of unbranched alkanes of at least 4 members (excludes halogenated alkanes) is 5. The van der Waals surface area contributed by atoms with Crippen molar-refractivity contribution in [2.75, 3.05) is 52.7 Å². The number of ether oxygens (including phenoxy) is 4. The molecule has 1 saturated heterocycles. The molecule has 20 nitrogen and oxygen atoms in total. The maximum absolute atomic E-state index is 14.5. The van der Waals surface area contributed by atoms with Crippen LogP contribution < -0.4 is 50.6 Å². The van der Waals surface area contributed by atoms with Gasteiger partial charge >= 0.3 is 35.5 Å². The van der Waals surface area contributed by atoms with E-state index in [0.717, 1.165) is 79.7 Å². The van der Waals surface area contributed by atoms with E-state index in [9.17, 15) is 33.9 Å². The minimum absolute atomic E-state index is 0. The summed E-state index contributed by atoms with van der Waals surface area (Å²) in [4.78, 5) is 92.1. The van der Waals surface area contributed by atoms with Crippen LogP contribution in [0.2, 0.25) is 5.02 Å². The molecule has 0 aliphatic carbocycles. The zero-order chi connectivity index (χ0) is 58.9. The van der Waals surface area contributed by atoms with E-state index in [1.807, 2.05) is 87.7 Å². The summed E-state index contributed by atoms with van der Waals surface area (Å²) in [5, 5.41) is 29.8. The van der Waals surface area contributed by atoms with Gasteiger partial charge in [-0.1, -0.05) is 94.5 Å². The number of hydrogen-bond donors (Lipinski definition) is 3. The number of thiazole rings is 1. The molecule has 7 rings (SSSR count). The number of aliphatic imine (C=N–C) groups is 1. The van der Waals surface area contributed by atoms with Gasteiger partial charge in [0.2, 0.25) is 23.6 Å². The van der Waals surface area contributed by atoms with E-state index in [-0.39, 0.29) is 120 Å². The van der Waals surface area contributed by atoms with E-state index >= 15 is 0 Å². The fraction of sp³-hybridized carbons (Fsp3) is 0.525. The van der Waals surface area contributed by atoms with Crippen molar-refractivity contribution in [3.8, 4) is 15.4 Å². The first-order valence-corrected chi connectivity index (χ1v) is 30.0. The zero-order valence-electron chi connectivity index (χ0n) is 48.8. The average molecular weight is 1210 g/mol. The second-order valence-electron chi connectivity index (χ2n) is 21.6. The Morgan fingerprint density at radius 2 is 1.46 bits per heavy atom. The van der Waals surface area contributed by atoms with Crippen molar-refractivity contribution < 1.29 is 82.4 Å². The first-order chi connectivity index (χ1) is 39.3. The van der Waals surface area contributed by atoms with Crippen LogP contribution in [0, 0.1) is 33.1 Å². The predicted molar refractivity (Wildman–Crippen MR) is 311 cm³/mol. The topological polar surface area (TPSA) is 258 Å². The molecule has 0 saturated carbocycles. The van der Waals surface area contributed by atoms with Gasteiger partial charge < -0.3 is 49.7 Å². The number of aliphatic carboxylic acids is 1. The Bertz CT molecular complexity index is 3030. The molecule has 24 heteroatoms. The number of aromatic nitrogens is 4. The van der Waals surface area contributed by atoms with Gasteiger partial charge in [-0.3, -0.25) is 33.5 Å². The fourth-order valence-corrected chi connectivity index (χ4v) is 11.9. The van der Waals surface area contributed by atoms with E-state index in [2.05, 4.69) is 45.0 Å². The number of nitrogens with zero attached hydrogens (tertiary/aromatic N) is 6. The third-order valence-corrected chi connectivity index (χ3v) is 16.7. The maximum atomic E-state index is 14.5. The number of carbonyl (C=O) groups excluding carboxylic acids is 6. The molecule has 4 atom stereocenters. The second-order valence-corrected chi connectivity index (χ2v) is 24.1. The third kappa shape index (κ3) is 19.0. The molecule has 0 unspecified atom stereocenters. The van der Waals surface area contributed by atoms with E-state index in [4.69, 9.17) is 35.5 Å². The molecule has 0 radical (unpaired) electrons. The number of nitrogens with one attached hydrogen (secondary N) is 3. The van der Waals surface area contributed by atoms with Crippen LogP contribution in [0.1, 0.15) is 135 Å². The van der Waals surface area contributed by atoms with Gasteiger partial charge in [0.15, 0.2) is 5.82 Å². The standard InChI is InChI=1S/C59H76ClN9O11S2.Na/c1-36-38(3)82-58-51(36)52(41-20-22-43(60)23-21-41)64-45(55-67-66-39(4)69(55)58)31-47(70)61-24-25-77-26-27-78-28-29-79-34-48(71)65-54(59(5,6)7)57(76)68-33-44(80-50(74)15-13-11-9-8-10-12-14-49(72)73)30-46(68)56(75)62-32-40-16-18-42(19-17-40)53-37(2)63-35-81-53;/h16-23,35,44-46,54H,8-15,24-34H2,1-7H3,(H,61,70)(H,62,75)(H,65,71)(H,72,73);/q;+1/p-1/t44-,45+,46+,54-;/m1./s1. The molecule has 3 N–H and O–H groups in total. The smallest absolute Gasteiger partial charge is 0.550 e. The first-order valence-electron chi connectivity index (χ1n) is 27.9. The molecule has 4 amide bonds. The van der Waals surface area contributed by atoms with Crippen molar-refractivity contribution in [1.29, 1.82) is 0 Å². The molecule has 2 aliphatic rings. The molecule has 0 bridgehead atoms. The quantitative estimate of drug-likeness (QED) is 0.0334. The molecule has 0 spiro atoms. The van der Waals surface area contributed by atoms with Gasteiger partial charge in [-0.05, 0) is 81.2 Å². The number of amides is 4. The zero-order valence-corrected chi connectivity index (χ0v) is 53.2. The summed E-state index contributed by atoms with van der Waals surface area (Å²) in [6.45, 7) is 14.5. The summed E-state index contributed by atoms with van der Waals surface area (Å²) in [5.41, 5.74) is 7.54. The van der Waals surface area contributed by atoms with Crippen LogP contribution in [-0.2, 0) is 54.3 Å². The predicted octanol–water partition coefficient (Wildman–Crippen LogP) is 4.02. The summed E-state index contributed by atoms with van der Waals surface area (Å²) < 4.78 is 24.8. The average Bonchev–Trinajstić information content (AvgIpc) is 2.20. The Balaban J connectivity index is 0.0000111. The molecule has 2 aliphatic heterocycles. The first kappa shape index (κ1) is 66.7. The van der Waals surface area contributed by atoms with Crippen molar-refractivity contribution in [3.05, 3.63) is 104 Å².